The third-order valence-electron chi connectivity index (χ3n) is 4.40. The van der Waals surface area contributed by atoms with E-state index in [4.69, 9.17) is 16.3 Å². The molecule has 0 radical (unpaired) electrons. The zero-order valence-corrected chi connectivity index (χ0v) is 17.7. The van der Waals surface area contributed by atoms with Crippen LogP contribution in [-0.4, -0.2) is 39.1 Å². The summed E-state index contributed by atoms with van der Waals surface area (Å²) in [4.78, 5) is 13.3. The molecule has 1 aromatic carbocycles. The number of amides is 1. The van der Waals surface area contributed by atoms with E-state index in [9.17, 15) is 9.18 Å². The number of nitrogens with one attached hydrogen (secondary N) is 1. The molecule has 1 saturated heterocycles. The van der Waals surface area contributed by atoms with Crippen LogP contribution in [0.5, 0.6) is 0 Å². The summed E-state index contributed by atoms with van der Waals surface area (Å²) in [5, 5.41) is 14.0. The number of rotatable bonds is 7. The molecule has 3 heterocycles. The monoisotopic (exact) mass is 452 g/mol. The second-order valence-electron chi connectivity index (χ2n) is 6.49. The van der Waals surface area contributed by atoms with Gasteiger partial charge in [-0.1, -0.05) is 29.4 Å². The van der Waals surface area contributed by atoms with Crippen LogP contribution in [0.3, 0.4) is 0 Å². The van der Waals surface area contributed by atoms with E-state index in [0.717, 1.165) is 30.2 Å². The smallest absolute Gasteiger partial charge is 0.234 e. The van der Waals surface area contributed by atoms with Gasteiger partial charge in [-0.15, -0.1) is 21.5 Å². The molecule has 1 aliphatic heterocycles. The van der Waals surface area contributed by atoms with Crippen molar-refractivity contribution >= 4 is 46.3 Å². The number of carbonyl (C=O) groups is 1. The van der Waals surface area contributed by atoms with Gasteiger partial charge in [0.15, 0.2) is 11.0 Å². The van der Waals surface area contributed by atoms with Gasteiger partial charge >= 0.3 is 0 Å². The lowest BCUT2D eigenvalue weighted by Crippen LogP contribution is -2.18. The van der Waals surface area contributed by atoms with E-state index in [0.29, 0.717) is 17.4 Å². The maximum absolute atomic E-state index is 13.3. The van der Waals surface area contributed by atoms with Gasteiger partial charge in [0.1, 0.15) is 5.82 Å². The van der Waals surface area contributed by atoms with Crippen LogP contribution in [0.2, 0.25) is 5.02 Å². The van der Waals surface area contributed by atoms with E-state index >= 15 is 0 Å². The van der Waals surface area contributed by atoms with Crippen molar-refractivity contribution in [3.63, 3.8) is 0 Å². The molecule has 1 amide bonds. The maximum Gasteiger partial charge on any atom is 0.234 e. The Morgan fingerprint density at radius 2 is 2.31 bits per heavy atom. The first-order valence-electron chi connectivity index (χ1n) is 9.06. The minimum atomic E-state index is -0.526. The number of nitrogens with zero attached hydrogens (tertiary/aromatic N) is 3. The molecule has 1 atom stereocenters. The van der Waals surface area contributed by atoms with E-state index in [1.54, 1.807) is 11.3 Å². The first kappa shape index (κ1) is 20.3. The molecule has 1 unspecified atom stereocenters. The van der Waals surface area contributed by atoms with Crippen molar-refractivity contribution in [1.82, 2.24) is 14.8 Å². The Hall–Kier alpha value is -1.94. The van der Waals surface area contributed by atoms with Crippen molar-refractivity contribution in [2.75, 3.05) is 17.7 Å². The topological polar surface area (TPSA) is 69.0 Å². The zero-order valence-electron chi connectivity index (χ0n) is 15.3. The van der Waals surface area contributed by atoms with Crippen LogP contribution in [0, 0.1) is 5.82 Å². The molecule has 1 N–H and O–H groups in total. The average molecular weight is 453 g/mol. The molecule has 4 rings (SSSR count). The SMILES string of the molecule is O=C(CSc1nnc(-c2cccs2)n1CC1CCCO1)Nc1ccc(F)c(Cl)c1. The molecule has 3 aromatic rings. The fourth-order valence-electron chi connectivity index (χ4n) is 3.04. The standard InChI is InChI=1S/C19H18ClFN4O2S2/c20-14-9-12(5-6-15(14)21)22-17(26)11-29-19-24-23-18(16-4-2-8-28-16)25(19)10-13-3-1-7-27-13/h2,4-6,8-9,13H,1,3,7,10-11H2,(H,22,26). The Morgan fingerprint density at radius 3 is 3.03 bits per heavy atom. The summed E-state index contributed by atoms with van der Waals surface area (Å²) in [6.45, 7) is 1.42. The number of thiophene rings is 1. The molecular formula is C19H18ClFN4O2S2. The maximum atomic E-state index is 13.3. The fourth-order valence-corrected chi connectivity index (χ4v) is 4.69. The lowest BCUT2D eigenvalue weighted by atomic mass is 10.2. The summed E-state index contributed by atoms with van der Waals surface area (Å²) in [7, 11) is 0. The third-order valence-corrected chi connectivity index (χ3v) is 6.53. The van der Waals surface area contributed by atoms with E-state index in [1.165, 1.54) is 30.0 Å². The van der Waals surface area contributed by atoms with Gasteiger partial charge in [0.05, 0.1) is 28.3 Å². The molecule has 1 aliphatic rings. The number of thioether (sulfide) groups is 1. The molecule has 1 fully saturated rings. The van der Waals surface area contributed by atoms with Gasteiger partial charge in [-0.25, -0.2) is 4.39 Å². The van der Waals surface area contributed by atoms with E-state index in [2.05, 4.69) is 15.5 Å². The van der Waals surface area contributed by atoms with Crippen molar-refractivity contribution in [3.8, 4) is 10.7 Å². The number of hydrogen-bond donors (Lipinski definition) is 1. The predicted molar refractivity (Wildman–Crippen MR) is 113 cm³/mol. The summed E-state index contributed by atoms with van der Waals surface area (Å²) in [5.74, 6) is 0.163. The van der Waals surface area contributed by atoms with Gasteiger partial charge in [-0.3, -0.25) is 9.36 Å². The molecule has 0 aliphatic carbocycles. The minimum Gasteiger partial charge on any atom is -0.376 e. The number of aromatic nitrogens is 3. The first-order valence-corrected chi connectivity index (χ1v) is 11.3. The second-order valence-corrected chi connectivity index (χ2v) is 8.79. The molecule has 29 heavy (non-hydrogen) atoms. The number of halogens is 2. The highest BCUT2D eigenvalue weighted by atomic mass is 35.5. The predicted octanol–water partition coefficient (Wildman–Crippen LogP) is 4.71. The highest BCUT2D eigenvalue weighted by Crippen LogP contribution is 2.29. The van der Waals surface area contributed by atoms with Crippen molar-refractivity contribution in [2.45, 2.75) is 30.6 Å². The quantitative estimate of drug-likeness (QED) is 0.526. The van der Waals surface area contributed by atoms with Crippen molar-refractivity contribution < 1.29 is 13.9 Å². The van der Waals surface area contributed by atoms with E-state index in [1.807, 2.05) is 22.1 Å². The van der Waals surface area contributed by atoms with Gasteiger partial charge in [-0.05, 0) is 42.5 Å². The normalized spacial score (nSPS) is 16.3. The molecule has 10 heteroatoms. The summed E-state index contributed by atoms with van der Waals surface area (Å²) in [6.07, 6.45) is 2.17. The van der Waals surface area contributed by atoms with Crippen LogP contribution in [-0.2, 0) is 16.1 Å². The Morgan fingerprint density at radius 1 is 1.41 bits per heavy atom. The van der Waals surface area contributed by atoms with Crippen LogP contribution < -0.4 is 5.32 Å². The summed E-state index contributed by atoms with van der Waals surface area (Å²) >= 11 is 8.66. The lowest BCUT2D eigenvalue weighted by molar-refractivity contribution is -0.113. The Kier molecular flexibility index (Phi) is 6.49. The molecule has 2 aromatic heterocycles. The van der Waals surface area contributed by atoms with Crippen LogP contribution in [0.25, 0.3) is 10.7 Å². The number of ether oxygens (including phenoxy) is 1. The van der Waals surface area contributed by atoms with E-state index < -0.39 is 5.82 Å². The molecule has 0 saturated carbocycles. The summed E-state index contributed by atoms with van der Waals surface area (Å²) in [5.41, 5.74) is 0.446. The number of benzene rings is 1. The largest absolute Gasteiger partial charge is 0.376 e. The zero-order chi connectivity index (χ0) is 20.2. The van der Waals surface area contributed by atoms with Crippen LogP contribution in [0.1, 0.15) is 12.8 Å². The molecule has 0 spiro atoms. The third kappa shape index (κ3) is 4.98. The minimum absolute atomic E-state index is 0.0349. The van der Waals surface area contributed by atoms with Crippen molar-refractivity contribution in [1.29, 1.82) is 0 Å². The number of hydrogen-bond acceptors (Lipinski definition) is 6. The summed E-state index contributed by atoms with van der Waals surface area (Å²) < 4.78 is 21.1. The van der Waals surface area contributed by atoms with Gasteiger partial charge in [0.2, 0.25) is 5.91 Å². The molecule has 0 bridgehead atoms. The first-order chi connectivity index (χ1) is 14.1. The lowest BCUT2D eigenvalue weighted by Gasteiger charge is -2.14. The highest BCUT2D eigenvalue weighted by Gasteiger charge is 2.22. The average Bonchev–Trinajstić information content (AvgIpc) is 3.45. The van der Waals surface area contributed by atoms with E-state index in [-0.39, 0.29) is 22.8 Å². The van der Waals surface area contributed by atoms with Crippen molar-refractivity contribution in [2.24, 2.45) is 0 Å². The molecule has 152 valence electrons. The Labute approximate surface area is 180 Å². The Bertz CT molecular complexity index is 990. The van der Waals surface area contributed by atoms with Crippen LogP contribution in [0.15, 0.2) is 40.9 Å². The number of anilines is 1. The van der Waals surface area contributed by atoms with Crippen molar-refractivity contribution in [3.05, 3.63) is 46.6 Å². The fraction of sp³-hybridized carbons (Fsp3) is 0.316. The number of carbonyl (C=O) groups excluding carboxylic acids is 1. The summed E-state index contributed by atoms with van der Waals surface area (Å²) in [6, 6.07) is 8.04. The van der Waals surface area contributed by atoms with Gasteiger partial charge in [0.25, 0.3) is 0 Å². The van der Waals surface area contributed by atoms with Crippen LogP contribution >= 0.6 is 34.7 Å². The van der Waals surface area contributed by atoms with Crippen LogP contribution in [0.4, 0.5) is 10.1 Å². The van der Waals surface area contributed by atoms with Gasteiger partial charge < -0.3 is 10.1 Å². The van der Waals surface area contributed by atoms with Gasteiger partial charge in [-0.2, -0.15) is 0 Å². The highest BCUT2D eigenvalue weighted by molar-refractivity contribution is 7.99. The second kappa shape index (κ2) is 9.25. The molecular weight excluding hydrogens is 435 g/mol. The molecule has 6 nitrogen and oxygen atoms in total. The van der Waals surface area contributed by atoms with Gasteiger partial charge in [0, 0.05) is 12.3 Å². The Balaban J connectivity index is 1.46.